The molecule has 1 saturated heterocycles. The fourth-order valence-corrected chi connectivity index (χ4v) is 5.76. The maximum absolute atomic E-state index is 13.1. The van der Waals surface area contributed by atoms with Crippen LogP contribution in [0.3, 0.4) is 0 Å². The number of likely N-dealkylation sites (tertiary alicyclic amines) is 1. The van der Waals surface area contributed by atoms with E-state index in [0.29, 0.717) is 11.7 Å². The second kappa shape index (κ2) is 12.0. The van der Waals surface area contributed by atoms with Gasteiger partial charge in [-0.2, -0.15) is 5.10 Å². The van der Waals surface area contributed by atoms with Crippen molar-refractivity contribution < 1.29 is 9.59 Å². The molecule has 0 radical (unpaired) electrons. The number of carbonyl (C=O) groups is 2. The van der Waals surface area contributed by atoms with Crippen molar-refractivity contribution >= 4 is 34.3 Å². The summed E-state index contributed by atoms with van der Waals surface area (Å²) in [6.07, 6.45) is 4.81. The average Bonchev–Trinajstić information content (AvgIpc) is 3.66. The number of urea groups is 1. The van der Waals surface area contributed by atoms with E-state index in [-0.39, 0.29) is 17.4 Å². The highest BCUT2D eigenvalue weighted by atomic mass is 16.2. The van der Waals surface area contributed by atoms with Crippen molar-refractivity contribution in [2.75, 3.05) is 23.7 Å². The molecule has 0 atom stereocenters. The molecule has 2 aromatic heterocycles. The summed E-state index contributed by atoms with van der Waals surface area (Å²) in [7, 11) is 0. The first-order valence-corrected chi connectivity index (χ1v) is 15.3. The minimum absolute atomic E-state index is 0.108. The molecule has 1 aliphatic rings. The van der Waals surface area contributed by atoms with Crippen LogP contribution in [0.5, 0.6) is 0 Å². The molecule has 44 heavy (non-hydrogen) atoms. The monoisotopic (exact) mass is 588 g/mol. The molecule has 226 valence electrons. The van der Waals surface area contributed by atoms with Crippen molar-refractivity contribution in [3.8, 4) is 5.69 Å². The van der Waals surface area contributed by atoms with Crippen molar-refractivity contribution in [2.45, 2.75) is 52.4 Å². The molecule has 1 fully saturated rings. The number of piperidine rings is 1. The van der Waals surface area contributed by atoms with E-state index in [1.807, 2.05) is 84.8 Å². The normalized spacial score (nSPS) is 14.1. The largest absolute Gasteiger partial charge is 0.361 e. The lowest BCUT2D eigenvalue weighted by molar-refractivity contribution is 0.0690. The molecule has 1 aliphatic heterocycles. The summed E-state index contributed by atoms with van der Waals surface area (Å²) in [6, 6.07) is 25.6. The summed E-state index contributed by atoms with van der Waals surface area (Å²) >= 11 is 0. The minimum atomic E-state index is -0.320. The lowest BCUT2D eigenvalue weighted by Crippen LogP contribution is -2.38. The summed E-state index contributed by atoms with van der Waals surface area (Å²) in [5, 5.41) is 11.8. The zero-order valence-electron chi connectivity index (χ0n) is 25.9. The number of H-pyrrole nitrogens is 1. The maximum Gasteiger partial charge on any atom is 0.324 e. The van der Waals surface area contributed by atoms with Crippen LogP contribution in [-0.2, 0) is 11.8 Å². The number of hydrogen-bond donors (Lipinski definition) is 3. The molecule has 0 bridgehead atoms. The molecule has 0 saturated carbocycles. The van der Waals surface area contributed by atoms with E-state index in [4.69, 9.17) is 5.10 Å². The standard InChI is InChI=1S/C36H40N6O2/c1-24-5-12-30(13-6-24)42-33(23-32(40-42)36(2,3)4)39-35(44)38-29-10-7-25(8-11-29)21-26-16-19-41(20-17-26)34(43)28-9-14-31-27(22-28)15-18-37-31/h5-15,18,22-23,26,37H,16-17,19-21H2,1-4H3,(H2,38,39,44). The van der Waals surface area contributed by atoms with Crippen LogP contribution < -0.4 is 10.6 Å². The number of hydrogen-bond acceptors (Lipinski definition) is 3. The van der Waals surface area contributed by atoms with Crippen LogP contribution >= 0.6 is 0 Å². The quantitative estimate of drug-likeness (QED) is 0.190. The Labute approximate surface area is 258 Å². The molecule has 3 heterocycles. The van der Waals surface area contributed by atoms with Gasteiger partial charge < -0.3 is 15.2 Å². The molecule has 0 unspecified atom stereocenters. The minimum Gasteiger partial charge on any atom is -0.361 e. The van der Waals surface area contributed by atoms with E-state index in [1.54, 1.807) is 4.68 Å². The number of aryl methyl sites for hydroxylation is 1. The van der Waals surface area contributed by atoms with Gasteiger partial charge in [0.05, 0.1) is 11.4 Å². The third-order valence-corrected chi connectivity index (χ3v) is 8.44. The summed E-state index contributed by atoms with van der Waals surface area (Å²) < 4.78 is 1.78. The van der Waals surface area contributed by atoms with Gasteiger partial charge in [0.1, 0.15) is 5.82 Å². The van der Waals surface area contributed by atoms with Crippen LogP contribution in [0.25, 0.3) is 16.6 Å². The third kappa shape index (κ3) is 6.54. The van der Waals surface area contributed by atoms with Gasteiger partial charge in [0, 0.05) is 52.9 Å². The van der Waals surface area contributed by atoms with E-state index in [2.05, 4.69) is 48.5 Å². The molecule has 3 aromatic carbocycles. The van der Waals surface area contributed by atoms with Gasteiger partial charge in [0.15, 0.2) is 0 Å². The Kier molecular flexibility index (Phi) is 7.99. The second-order valence-corrected chi connectivity index (χ2v) is 12.9. The first kappa shape index (κ1) is 29.2. The number of anilines is 2. The number of rotatable bonds is 6. The van der Waals surface area contributed by atoms with Crippen LogP contribution in [0.1, 0.15) is 60.8 Å². The fraction of sp³-hybridized carbons (Fsp3) is 0.306. The van der Waals surface area contributed by atoms with Gasteiger partial charge in [-0.25, -0.2) is 9.48 Å². The first-order valence-electron chi connectivity index (χ1n) is 15.3. The van der Waals surface area contributed by atoms with Crippen LogP contribution in [0, 0.1) is 12.8 Å². The first-order chi connectivity index (χ1) is 21.1. The van der Waals surface area contributed by atoms with Crippen molar-refractivity contribution in [3.63, 3.8) is 0 Å². The van der Waals surface area contributed by atoms with Crippen molar-refractivity contribution in [2.24, 2.45) is 5.92 Å². The zero-order valence-corrected chi connectivity index (χ0v) is 25.9. The SMILES string of the molecule is Cc1ccc(-n2nc(C(C)(C)C)cc2NC(=O)Nc2ccc(CC3CCN(C(=O)c4ccc5[nH]ccc5c4)CC3)cc2)cc1. The summed E-state index contributed by atoms with van der Waals surface area (Å²) in [5.41, 5.74) is 6.52. The Morgan fingerprint density at radius 1 is 0.909 bits per heavy atom. The zero-order chi connectivity index (χ0) is 30.8. The average molecular weight is 589 g/mol. The van der Waals surface area contributed by atoms with Crippen molar-refractivity contribution in [3.05, 3.63) is 107 Å². The van der Waals surface area contributed by atoms with E-state index in [1.165, 1.54) is 5.56 Å². The molecular weight excluding hydrogens is 548 g/mol. The summed E-state index contributed by atoms with van der Waals surface area (Å²) in [6.45, 7) is 9.90. The van der Waals surface area contributed by atoms with Gasteiger partial charge >= 0.3 is 6.03 Å². The van der Waals surface area contributed by atoms with Crippen LogP contribution in [0.2, 0.25) is 0 Å². The number of benzene rings is 3. The number of aromatic nitrogens is 3. The molecule has 0 aliphatic carbocycles. The van der Waals surface area contributed by atoms with Crippen LogP contribution in [-0.4, -0.2) is 44.7 Å². The topological polar surface area (TPSA) is 95.1 Å². The Morgan fingerprint density at radius 3 is 2.34 bits per heavy atom. The molecule has 8 heteroatoms. The Balaban J connectivity index is 1.03. The smallest absolute Gasteiger partial charge is 0.324 e. The van der Waals surface area contributed by atoms with Gasteiger partial charge in [0.2, 0.25) is 0 Å². The highest BCUT2D eigenvalue weighted by Crippen LogP contribution is 2.27. The van der Waals surface area contributed by atoms with Gasteiger partial charge in [-0.1, -0.05) is 50.6 Å². The van der Waals surface area contributed by atoms with E-state index in [0.717, 1.165) is 71.5 Å². The predicted molar refractivity (Wildman–Crippen MR) is 177 cm³/mol. The predicted octanol–water partition coefficient (Wildman–Crippen LogP) is 7.70. The van der Waals surface area contributed by atoms with Gasteiger partial charge in [-0.05, 0) is 86.2 Å². The molecular formula is C36H40N6O2. The van der Waals surface area contributed by atoms with Crippen LogP contribution in [0.4, 0.5) is 16.3 Å². The molecule has 5 aromatic rings. The van der Waals surface area contributed by atoms with E-state index < -0.39 is 0 Å². The molecule has 8 nitrogen and oxygen atoms in total. The second-order valence-electron chi connectivity index (χ2n) is 12.9. The Hall–Kier alpha value is -4.85. The van der Waals surface area contributed by atoms with Crippen LogP contribution in [0.15, 0.2) is 85.1 Å². The van der Waals surface area contributed by atoms with Gasteiger partial charge in [-0.15, -0.1) is 0 Å². The van der Waals surface area contributed by atoms with E-state index >= 15 is 0 Å². The molecule has 6 rings (SSSR count). The number of nitrogens with one attached hydrogen (secondary N) is 3. The fourth-order valence-electron chi connectivity index (χ4n) is 5.76. The lowest BCUT2D eigenvalue weighted by atomic mass is 9.90. The number of fused-ring (bicyclic) bond motifs is 1. The number of amides is 3. The molecule has 3 amide bonds. The Morgan fingerprint density at radius 2 is 1.64 bits per heavy atom. The van der Waals surface area contributed by atoms with Gasteiger partial charge in [0.25, 0.3) is 5.91 Å². The summed E-state index contributed by atoms with van der Waals surface area (Å²) in [4.78, 5) is 31.3. The maximum atomic E-state index is 13.1. The van der Waals surface area contributed by atoms with Crippen molar-refractivity contribution in [1.82, 2.24) is 19.7 Å². The highest BCUT2D eigenvalue weighted by Gasteiger charge is 2.24. The number of carbonyl (C=O) groups excluding carboxylic acids is 2. The number of nitrogens with zero attached hydrogens (tertiary/aromatic N) is 3. The highest BCUT2D eigenvalue weighted by molar-refractivity contribution is 5.99. The van der Waals surface area contributed by atoms with E-state index in [9.17, 15) is 9.59 Å². The Bertz CT molecular complexity index is 1770. The van der Waals surface area contributed by atoms with Gasteiger partial charge in [-0.3, -0.25) is 10.1 Å². The number of aromatic amines is 1. The third-order valence-electron chi connectivity index (χ3n) is 8.44. The molecule has 0 spiro atoms. The lowest BCUT2D eigenvalue weighted by Gasteiger charge is -2.32. The summed E-state index contributed by atoms with van der Waals surface area (Å²) in [5.74, 6) is 1.24. The van der Waals surface area contributed by atoms with Crippen molar-refractivity contribution in [1.29, 1.82) is 0 Å². The molecule has 3 N–H and O–H groups in total.